The van der Waals surface area contributed by atoms with Crippen molar-refractivity contribution < 1.29 is 8.42 Å². The van der Waals surface area contributed by atoms with Gasteiger partial charge in [-0.1, -0.05) is 48.5 Å². The van der Waals surface area contributed by atoms with Gasteiger partial charge in [-0.2, -0.15) is 4.31 Å². The molecule has 0 bridgehead atoms. The largest absolute Gasteiger partial charge is 0.298 e. The van der Waals surface area contributed by atoms with Gasteiger partial charge in [0, 0.05) is 32.2 Å². The molecular formula is C20H26N2O2S. The van der Waals surface area contributed by atoms with Gasteiger partial charge in [-0.3, -0.25) is 4.90 Å². The van der Waals surface area contributed by atoms with Gasteiger partial charge >= 0.3 is 0 Å². The molecule has 1 aliphatic heterocycles. The topological polar surface area (TPSA) is 40.6 Å². The molecule has 3 rings (SSSR count). The average Bonchev–Trinajstić information content (AvgIpc) is 2.68. The number of hydrogen-bond donors (Lipinski definition) is 0. The Morgan fingerprint density at radius 2 is 1.44 bits per heavy atom. The minimum atomic E-state index is -3.36. The van der Waals surface area contributed by atoms with Crippen LogP contribution < -0.4 is 0 Å². The third-order valence-corrected chi connectivity index (χ3v) is 6.88. The number of hydrogen-bond acceptors (Lipinski definition) is 3. The van der Waals surface area contributed by atoms with Gasteiger partial charge in [0.25, 0.3) is 0 Å². The molecule has 0 unspecified atom stereocenters. The average molecular weight is 359 g/mol. The lowest BCUT2D eigenvalue weighted by Crippen LogP contribution is -2.51. The number of benzene rings is 2. The Hall–Kier alpha value is -1.69. The van der Waals surface area contributed by atoms with Crippen LogP contribution in [0.15, 0.2) is 65.6 Å². The van der Waals surface area contributed by atoms with E-state index in [2.05, 4.69) is 36.1 Å². The van der Waals surface area contributed by atoms with Gasteiger partial charge in [-0.15, -0.1) is 0 Å². The van der Waals surface area contributed by atoms with E-state index in [9.17, 15) is 8.42 Å². The van der Waals surface area contributed by atoms with Crippen LogP contribution in [0.25, 0.3) is 0 Å². The standard InChI is InChI=1S/C20H26N2O2S/c1-18(12-13-19-8-4-2-5-9-19)21-14-16-22(17-15-21)25(23,24)20-10-6-3-7-11-20/h2-11,18H,12-17H2,1H3/t18-/m0/s1. The highest BCUT2D eigenvalue weighted by Crippen LogP contribution is 2.19. The molecule has 0 saturated carbocycles. The Kier molecular flexibility index (Phi) is 5.89. The molecule has 1 aliphatic rings. The van der Waals surface area contributed by atoms with Crippen molar-refractivity contribution in [2.75, 3.05) is 26.2 Å². The van der Waals surface area contributed by atoms with E-state index >= 15 is 0 Å². The zero-order chi connectivity index (χ0) is 17.7. The summed E-state index contributed by atoms with van der Waals surface area (Å²) in [6, 6.07) is 19.7. The molecule has 4 nitrogen and oxygen atoms in total. The van der Waals surface area contributed by atoms with Gasteiger partial charge in [-0.05, 0) is 37.5 Å². The number of piperazine rings is 1. The van der Waals surface area contributed by atoms with E-state index < -0.39 is 10.0 Å². The van der Waals surface area contributed by atoms with Crippen LogP contribution in [0.5, 0.6) is 0 Å². The van der Waals surface area contributed by atoms with Crippen molar-refractivity contribution >= 4 is 10.0 Å². The van der Waals surface area contributed by atoms with Gasteiger partial charge in [0.1, 0.15) is 0 Å². The van der Waals surface area contributed by atoms with Crippen molar-refractivity contribution in [2.45, 2.75) is 30.7 Å². The summed E-state index contributed by atoms with van der Waals surface area (Å²) in [5.74, 6) is 0. The van der Waals surface area contributed by atoms with Gasteiger partial charge < -0.3 is 0 Å². The van der Waals surface area contributed by atoms with Crippen LogP contribution in [0.2, 0.25) is 0 Å². The molecule has 1 atom stereocenters. The van der Waals surface area contributed by atoms with E-state index in [1.807, 2.05) is 12.1 Å². The highest BCUT2D eigenvalue weighted by Gasteiger charge is 2.29. The van der Waals surface area contributed by atoms with E-state index in [4.69, 9.17) is 0 Å². The molecule has 1 fully saturated rings. The number of nitrogens with zero attached hydrogens (tertiary/aromatic N) is 2. The van der Waals surface area contributed by atoms with Crippen molar-refractivity contribution in [1.29, 1.82) is 0 Å². The number of sulfonamides is 1. The Labute approximate surface area is 151 Å². The second-order valence-electron chi connectivity index (χ2n) is 6.63. The first kappa shape index (κ1) is 18.1. The first-order valence-electron chi connectivity index (χ1n) is 8.90. The fourth-order valence-corrected chi connectivity index (χ4v) is 4.77. The molecule has 2 aromatic carbocycles. The lowest BCUT2D eigenvalue weighted by atomic mass is 10.0. The summed E-state index contributed by atoms with van der Waals surface area (Å²) in [6.45, 7) is 4.95. The first-order valence-corrected chi connectivity index (χ1v) is 10.3. The van der Waals surface area contributed by atoms with Crippen molar-refractivity contribution in [2.24, 2.45) is 0 Å². The van der Waals surface area contributed by atoms with Crippen molar-refractivity contribution in [3.8, 4) is 0 Å². The van der Waals surface area contributed by atoms with Crippen LogP contribution in [-0.2, 0) is 16.4 Å². The highest BCUT2D eigenvalue weighted by molar-refractivity contribution is 7.89. The molecule has 2 aromatic rings. The lowest BCUT2D eigenvalue weighted by Gasteiger charge is -2.37. The van der Waals surface area contributed by atoms with E-state index in [-0.39, 0.29) is 0 Å². The van der Waals surface area contributed by atoms with Crippen LogP contribution in [0, 0.1) is 0 Å². The fourth-order valence-electron chi connectivity index (χ4n) is 3.33. The monoisotopic (exact) mass is 358 g/mol. The predicted octanol–water partition coefficient (Wildman–Crippen LogP) is 3.01. The number of aryl methyl sites for hydroxylation is 1. The predicted molar refractivity (Wildman–Crippen MR) is 101 cm³/mol. The molecule has 0 amide bonds. The first-order chi connectivity index (χ1) is 12.1. The van der Waals surface area contributed by atoms with Crippen molar-refractivity contribution in [1.82, 2.24) is 9.21 Å². The Morgan fingerprint density at radius 1 is 0.880 bits per heavy atom. The summed E-state index contributed by atoms with van der Waals surface area (Å²) in [4.78, 5) is 2.79. The summed E-state index contributed by atoms with van der Waals surface area (Å²) in [5, 5.41) is 0. The van der Waals surface area contributed by atoms with Crippen LogP contribution in [0.4, 0.5) is 0 Å². The van der Waals surface area contributed by atoms with E-state index in [1.54, 1.807) is 28.6 Å². The third kappa shape index (κ3) is 4.48. The highest BCUT2D eigenvalue weighted by atomic mass is 32.2. The third-order valence-electron chi connectivity index (χ3n) is 4.97. The van der Waals surface area contributed by atoms with E-state index in [0.29, 0.717) is 24.0 Å². The Bertz CT molecular complexity index is 755. The molecule has 0 N–H and O–H groups in total. The second kappa shape index (κ2) is 8.13. The van der Waals surface area contributed by atoms with E-state index in [1.165, 1.54) is 5.56 Å². The minimum Gasteiger partial charge on any atom is -0.298 e. The maximum atomic E-state index is 12.7. The van der Waals surface area contributed by atoms with Gasteiger partial charge in [0.05, 0.1) is 4.90 Å². The summed E-state index contributed by atoms with van der Waals surface area (Å²) in [6.07, 6.45) is 2.15. The summed E-state index contributed by atoms with van der Waals surface area (Å²) < 4.78 is 27.0. The Balaban J connectivity index is 1.53. The molecule has 0 aromatic heterocycles. The Morgan fingerprint density at radius 3 is 2.04 bits per heavy atom. The van der Waals surface area contributed by atoms with Gasteiger partial charge in [0.2, 0.25) is 10.0 Å². The molecule has 5 heteroatoms. The molecule has 1 saturated heterocycles. The zero-order valence-corrected chi connectivity index (χ0v) is 15.5. The van der Waals surface area contributed by atoms with Crippen LogP contribution in [-0.4, -0.2) is 49.8 Å². The normalized spacial score (nSPS) is 18.1. The molecule has 1 heterocycles. The molecule has 25 heavy (non-hydrogen) atoms. The second-order valence-corrected chi connectivity index (χ2v) is 8.56. The van der Waals surface area contributed by atoms with Crippen molar-refractivity contribution in [3.05, 3.63) is 66.2 Å². The van der Waals surface area contributed by atoms with Crippen LogP contribution in [0.1, 0.15) is 18.9 Å². The molecule has 134 valence electrons. The lowest BCUT2D eigenvalue weighted by molar-refractivity contribution is 0.140. The number of rotatable bonds is 6. The van der Waals surface area contributed by atoms with Crippen LogP contribution in [0.3, 0.4) is 0 Å². The SMILES string of the molecule is C[C@@H](CCc1ccccc1)N1CCN(S(=O)(=O)c2ccccc2)CC1. The summed E-state index contributed by atoms with van der Waals surface area (Å²) >= 11 is 0. The van der Waals surface area contributed by atoms with Gasteiger partial charge in [-0.25, -0.2) is 8.42 Å². The molecule has 0 spiro atoms. The van der Waals surface area contributed by atoms with E-state index in [0.717, 1.165) is 25.9 Å². The van der Waals surface area contributed by atoms with Crippen LogP contribution >= 0.6 is 0 Å². The minimum absolute atomic E-state index is 0.389. The maximum absolute atomic E-state index is 12.7. The smallest absolute Gasteiger partial charge is 0.243 e. The van der Waals surface area contributed by atoms with Gasteiger partial charge in [0.15, 0.2) is 0 Å². The quantitative estimate of drug-likeness (QED) is 0.797. The maximum Gasteiger partial charge on any atom is 0.243 e. The zero-order valence-electron chi connectivity index (χ0n) is 14.7. The fraction of sp³-hybridized carbons (Fsp3) is 0.400. The summed E-state index contributed by atoms with van der Waals surface area (Å²) in [5.41, 5.74) is 1.36. The molecule has 0 radical (unpaired) electrons. The van der Waals surface area contributed by atoms with Crippen molar-refractivity contribution in [3.63, 3.8) is 0 Å². The molecular weight excluding hydrogens is 332 g/mol. The summed E-state index contributed by atoms with van der Waals surface area (Å²) in [7, 11) is -3.36. The molecule has 0 aliphatic carbocycles.